The molecule has 0 unspecified atom stereocenters. The van der Waals surface area contributed by atoms with E-state index in [4.69, 9.17) is 16.6 Å². The average molecular weight is 491 g/mol. The van der Waals surface area contributed by atoms with Crippen molar-refractivity contribution >= 4 is 67.3 Å². The van der Waals surface area contributed by atoms with Crippen LogP contribution in [0.4, 0.5) is 5.69 Å². The molecule has 0 saturated carbocycles. The Balaban J connectivity index is 1.72. The van der Waals surface area contributed by atoms with E-state index in [0.29, 0.717) is 27.1 Å². The number of halogens is 1. The van der Waals surface area contributed by atoms with Gasteiger partial charge in [0.2, 0.25) is 0 Å². The summed E-state index contributed by atoms with van der Waals surface area (Å²) in [5.41, 5.74) is 2.07. The summed E-state index contributed by atoms with van der Waals surface area (Å²) in [6, 6.07) is 9.33. The van der Waals surface area contributed by atoms with Crippen molar-refractivity contribution in [2.75, 3.05) is 11.4 Å². The second-order valence-electron chi connectivity index (χ2n) is 6.87. The Bertz CT molecular complexity index is 1020. The first kappa shape index (κ1) is 20.4. The molecule has 0 spiro atoms. The van der Waals surface area contributed by atoms with Crippen LogP contribution in [0.3, 0.4) is 0 Å². The maximum atomic E-state index is 13.3. The smallest absolute Gasteiger partial charge is 0.267 e. The Labute approximate surface area is 187 Å². The second kappa shape index (κ2) is 8.45. The summed E-state index contributed by atoms with van der Waals surface area (Å²) in [4.78, 5) is 30.2. The molecule has 3 heterocycles. The van der Waals surface area contributed by atoms with Crippen molar-refractivity contribution in [3.8, 4) is 0 Å². The zero-order chi connectivity index (χ0) is 20.5. The van der Waals surface area contributed by atoms with Crippen LogP contribution in [0.2, 0.25) is 0 Å². The first-order chi connectivity index (χ1) is 14.0. The number of amides is 2. The van der Waals surface area contributed by atoms with Crippen LogP contribution in [-0.4, -0.2) is 27.6 Å². The maximum absolute atomic E-state index is 13.3. The summed E-state index contributed by atoms with van der Waals surface area (Å²) < 4.78 is 6.65. The molecular weight excluding hydrogens is 472 g/mol. The fourth-order valence-corrected chi connectivity index (χ4v) is 5.20. The van der Waals surface area contributed by atoms with E-state index >= 15 is 0 Å². The van der Waals surface area contributed by atoms with Gasteiger partial charge in [0.25, 0.3) is 11.8 Å². The van der Waals surface area contributed by atoms with Gasteiger partial charge in [-0.1, -0.05) is 59.7 Å². The number of unbranched alkanes of at least 4 members (excludes halogenated alkanes) is 2. The van der Waals surface area contributed by atoms with Gasteiger partial charge in [-0.15, -0.1) is 0 Å². The van der Waals surface area contributed by atoms with Crippen molar-refractivity contribution in [3.63, 3.8) is 0 Å². The zero-order valence-corrected chi connectivity index (χ0v) is 19.0. The lowest BCUT2D eigenvalue weighted by Crippen LogP contribution is -2.29. The van der Waals surface area contributed by atoms with Crippen LogP contribution < -0.4 is 4.90 Å². The number of thioether (sulfide) groups is 1. The third kappa shape index (κ3) is 3.81. The molecule has 1 fully saturated rings. The molecule has 2 aromatic rings. The van der Waals surface area contributed by atoms with Gasteiger partial charge in [-0.3, -0.25) is 14.5 Å². The quantitative estimate of drug-likeness (QED) is 0.310. The van der Waals surface area contributed by atoms with Gasteiger partial charge < -0.3 is 9.32 Å². The minimum atomic E-state index is -0.249. The van der Waals surface area contributed by atoms with Crippen LogP contribution in [-0.2, 0) is 16.1 Å². The molecule has 0 atom stereocenters. The molecule has 4 rings (SSSR count). The van der Waals surface area contributed by atoms with E-state index in [9.17, 15) is 9.59 Å². The number of carbonyl (C=O) groups excluding carboxylic acids is 2. The number of rotatable bonds is 6. The Morgan fingerprint density at radius 2 is 1.97 bits per heavy atom. The number of anilines is 1. The predicted octanol–water partition coefficient (Wildman–Crippen LogP) is 5.35. The van der Waals surface area contributed by atoms with Gasteiger partial charge in [0, 0.05) is 16.6 Å². The molecule has 1 saturated heterocycles. The van der Waals surface area contributed by atoms with Crippen molar-refractivity contribution in [2.45, 2.75) is 32.7 Å². The number of nitrogens with zero attached hydrogens (tertiary/aromatic N) is 2. The third-order valence-electron chi connectivity index (χ3n) is 4.93. The molecule has 0 aliphatic carbocycles. The molecule has 2 aliphatic rings. The lowest BCUT2D eigenvalue weighted by atomic mass is 10.1. The van der Waals surface area contributed by atoms with Crippen molar-refractivity contribution in [3.05, 3.63) is 57.3 Å². The van der Waals surface area contributed by atoms with E-state index in [0.717, 1.165) is 35.0 Å². The summed E-state index contributed by atoms with van der Waals surface area (Å²) in [5.74, 6) is 0.267. The number of thiocarbonyl (C=S) groups is 1. The topological polar surface area (TPSA) is 53.8 Å². The van der Waals surface area contributed by atoms with Gasteiger partial charge in [0.05, 0.1) is 29.0 Å². The van der Waals surface area contributed by atoms with Crippen LogP contribution >= 0.6 is 39.9 Å². The second-order valence-corrected chi connectivity index (χ2v) is 9.43. The number of fused-ring (bicyclic) bond motifs is 1. The Hall–Kier alpha value is -1.90. The minimum absolute atomic E-state index is 0.132. The van der Waals surface area contributed by atoms with E-state index in [1.54, 1.807) is 23.3 Å². The zero-order valence-electron chi connectivity index (χ0n) is 15.8. The van der Waals surface area contributed by atoms with E-state index in [-0.39, 0.29) is 18.4 Å². The molecule has 1 aromatic heterocycles. The summed E-state index contributed by atoms with van der Waals surface area (Å²) in [6.07, 6.45) is 4.61. The number of benzene rings is 1. The van der Waals surface area contributed by atoms with Gasteiger partial charge in [-0.05, 0) is 36.8 Å². The highest BCUT2D eigenvalue weighted by Gasteiger charge is 2.42. The highest BCUT2D eigenvalue weighted by molar-refractivity contribution is 9.10. The Kier molecular flexibility index (Phi) is 5.94. The first-order valence-electron chi connectivity index (χ1n) is 9.43. The number of carbonyl (C=O) groups is 2. The lowest BCUT2D eigenvalue weighted by Gasteiger charge is -2.16. The van der Waals surface area contributed by atoms with Gasteiger partial charge >= 0.3 is 0 Å². The van der Waals surface area contributed by atoms with Crippen LogP contribution in [0.15, 0.2) is 50.4 Å². The van der Waals surface area contributed by atoms with Crippen molar-refractivity contribution in [1.29, 1.82) is 0 Å². The van der Waals surface area contributed by atoms with Crippen LogP contribution in [0.1, 0.15) is 37.5 Å². The highest BCUT2D eigenvalue weighted by atomic mass is 79.9. The summed E-state index contributed by atoms with van der Waals surface area (Å²) in [7, 11) is 0. The van der Waals surface area contributed by atoms with E-state index in [1.165, 1.54) is 16.7 Å². The van der Waals surface area contributed by atoms with Crippen LogP contribution in [0, 0.1) is 0 Å². The lowest BCUT2D eigenvalue weighted by molar-refractivity contribution is -0.123. The van der Waals surface area contributed by atoms with Gasteiger partial charge in [-0.2, -0.15) is 0 Å². The molecule has 0 radical (unpaired) electrons. The molecular formula is C21H19BrN2O3S2. The normalized spacial score (nSPS) is 18.9. The number of hydrogen-bond acceptors (Lipinski definition) is 5. The number of hydrogen-bond donors (Lipinski definition) is 0. The molecule has 1 aromatic carbocycles. The minimum Gasteiger partial charge on any atom is -0.467 e. The fourth-order valence-electron chi connectivity index (χ4n) is 3.51. The molecule has 0 bridgehead atoms. The Morgan fingerprint density at radius 1 is 1.14 bits per heavy atom. The first-order valence-corrected chi connectivity index (χ1v) is 11.4. The summed E-state index contributed by atoms with van der Waals surface area (Å²) >= 11 is 10.1. The number of furan rings is 1. The summed E-state index contributed by atoms with van der Waals surface area (Å²) in [5, 5.41) is 0. The largest absolute Gasteiger partial charge is 0.467 e. The molecule has 0 N–H and O–H groups in total. The van der Waals surface area contributed by atoms with E-state index < -0.39 is 0 Å². The molecule has 8 heteroatoms. The van der Waals surface area contributed by atoms with Crippen molar-refractivity contribution < 1.29 is 14.0 Å². The average Bonchev–Trinajstić information content (AvgIpc) is 3.37. The van der Waals surface area contributed by atoms with Gasteiger partial charge in [0.1, 0.15) is 10.1 Å². The maximum Gasteiger partial charge on any atom is 0.267 e. The highest BCUT2D eigenvalue weighted by Crippen LogP contribution is 2.45. The molecule has 2 amide bonds. The van der Waals surface area contributed by atoms with Crippen LogP contribution in [0.5, 0.6) is 0 Å². The van der Waals surface area contributed by atoms with Crippen molar-refractivity contribution in [1.82, 2.24) is 4.90 Å². The predicted molar refractivity (Wildman–Crippen MR) is 122 cm³/mol. The summed E-state index contributed by atoms with van der Waals surface area (Å²) in [6.45, 7) is 3.03. The third-order valence-corrected chi connectivity index (χ3v) is 6.87. The molecule has 29 heavy (non-hydrogen) atoms. The SMILES string of the molecule is CCCCCN1C(=O)/C(=C2\SC(=S)N(Cc3ccco3)C2=O)c2cc(Br)ccc21. The fraction of sp³-hybridized carbons (Fsp3) is 0.286. The molecule has 2 aliphatic heterocycles. The monoisotopic (exact) mass is 490 g/mol. The van der Waals surface area contributed by atoms with Crippen LogP contribution in [0.25, 0.3) is 5.57 Å². The van der Waals surface area contributed by atoms with Crippen molar-refractivity contribution in [2.24, 2.45) is 0 Å². The standard InChI is InChI=1S/C21H19BrN2O3S2/c1-2-3-4-9-23-16-8-7-13(22)11-15(16)17(19(23)25)18-20(26)24(21(28)29-18)12-14-6-5-10-27-14/h5-8,10-11H,2-4,9,12H2,1H3/b18-17-. The van der Waals surface area contributed by atoms with Gasteiger partial charge in [0.15, 0.2) is 0 Å². The molecule has 5 nitrogen and oxygen atoms in total. The Morgan fingerprint density at radius 3 is 2.69 bits per heavy atom. The van der Waals surface area contributed by atoms with E-state index in [2.05, 4.69) is 22.9 Å². The van der Waals surface area contributed by atoms with Gasteiger partial charge in [-0.25, -0.2) is 0 Å². The molecule has 150 valence electrons. The van der Waals surface area contributed by atoms with E-state index in [1.807, 2.05) is 18.2 Å².